The number of likely N-dealkylation sites (N-methyl/N-ethyl adjacent to an activating group) is 1. The Morgan fingerprint density at radius 3 is 2.54 bits per heavy atom. The first-order valence-electron chi connectivity index (χ1n) is 8.84. The number of hydrogen-bond donors (Lipinski definition) is 1. The Balaban J connectivity index is 1.71. The minimum Gasteiger partial charge on any atom is -0.487 e. The van der Waals surface area contributed by atoms with Gasteiger partial charge in [0.25, 0.3) is 0 Å². The first kappa shape index (κ1) is 17.1. The summed E-state index contributed by atoms with van der Waals surface area (Å²) in [5, 5.41) is 2.74. The number of nitrogens with zero attached hydrogens (tertiary/aromatic N) is 2. The normalized spacial score (nSPS) is 21.1. The second-order valence-corrected chi connectivity index (χ2v) is 7.60. The molecule has 0 spiro atoms. The van der Waals surface area contributed by atoms with Gasteiger partial charge < -0.3 is 15.0 Å². The first-order valence-corrected chi connectivity index (χ1v) is 8.84. The lowest BCUT2D eigenvalue weighted by Gasteiger charge is -2.39. The molecule has 0 radical (unpaired) electrons. The quantitative estimate of drug-likeness (QED) is 0.920. The zero-order valence-corrected chi connectivity index (χ0v) is 15.5. The second-order valence-electron chi connectivity index (χ2n) is 7.60. The molecule has 0 bridgehead atoms. The lowest BCUT2D eigenvalue weighted by atomic mass is 9.99. The van der Waals surface area contributed by atoms with Gasteiger partial charge in [-0.2, -0.15) is 0 Å². The van der Waals surface area contributed by atoms with E-state index in [2.05, 4.69) is 48.0 Å². The standard InChI is InChI=1S/C19H29N3O2/c1-13-10-15-12-19(3,4)24-17(15)11-16(13)22-8-6-21(7-9-22)14(2)18(23)20-5/h10-11,14H,6-9,12H2,1-5H3,(H,20,23)/t14-/m0/s1. The number of aryl methyl sites for hydroxylation is 1. The van der Waals surface area contributed by atoms with Crippen molar-refractivity contribution in [3.63, 3.8) is 0 Å². The second kappa shape index (κ2) is 6.28. The van der Waals surface area contributed by atoms with Crippen LogP contribution in [-0.4, -0.2) is 55.7 Å². The number of amides is 1. The van der Waals surface area contributed by atoms with Gasteiger partial charge in [0.15, 0.2) is 0 Å². The van der Waals surface area contributed by atoms with Gasteiger partial charge in [-0.3, -0.25) is 9.69 Å². The molecule has 2 aliphatic heterocycles. The van der Waals surface area contributed by atoms with Gasteiger partial charge in [-0.25, -0.2) is 0 Å². The molecule has 2 heterocycles. The summed E-state index contributed by atoms with van der Waals surface area (Å²) >= 11 is 0. The maximum atomic E-state index is 11.8. The molecule has 0 saturated carbocycles. The molecule has 0 aliphatic carbocycles. The van der Waals surface area contributed by atoms with Gasteiger partial charge in [-0.05, 0) is 38.8 Å². The van der Waals surface area contributed by atoms with Crippen molar-refractivity contribution in [1.29, 1.82) is 0 Å². The molecule has 5 nitrogen and oxygen atoms in total. The Morgan fingerprint density at radius 2 is 1.92 bits per heavy atom. The fourth-order valence-corrected chi connectivity index (χ4v) is 3.83. The van der Waals surface area contributed by atoms with Crippen LogP contribution in [0.4, 0.5) is 5.69 Å². The molecule has 1 saturated heterocycles. The molecule has 1 aromatic carbocycles. The number of ether oxygens (including phenoxy) is 1. The molecule has 0 unspecified atom stereocenters. The Labute approximate surface area is 145 Å². The van der Waals surface area contributed by atoms with E-state index in [1.54, 1.807) is 7.05 Å². The van der Waals surface area contributed by atoms with Crippen molar-refractivity contribution in [1.82, 2.24) is 10.2 Å². The molecule has 1 amide bonds. The highest BCUT2D eigenvalue weighted by molar-refractivity contribution is 5.81. The van der Waals surface area contributed by atoms with Crippen LogP contribution < -0.4 is 15.0 Å². The minimum atomic E-state index is -0.102. The van der Waals surface area contributed by atoms with Crippen molar-refractivity contribution in [2.75, 3.05) is 38.1 Å². The van der Waals surface area contributed by atoms with Crippen LogP contribution in [-0.2, 0) is 11.2 Å². The van der Waals surface area contributed by atoms with Gasteiger partial charge in [-0.15, -0.1) is 0 Å². The molecule has 24 heavy (non-hydrogen) atoms. The molecule has 5 heteroatoms. The molecular weight excluding hydrogens is 302 g/mol. The first-order chi connectivity index (χ1) is 11.3. The van der Waals surface area contributed by atoms with Gasteiger partial charge in [0.2, 0.25) is 5.91 Å². The van der Waals surface area contributed by atoms with Gasteiger partial charge >= 0.3 is 0 Å². The fraction of sp³-hybridized carbons (Fsp3) is 0.632. The predicted molar refractivity (Wildman–Crippen MR) is 96.9 cm³/mol. The lowest BCUT2D eigenvalue weighted by molar-refractivity contribution is -0.125. The van der Waals surface area contributed by atoms with Crippen molar-refractivity contribution >= 4 is 11.6 Å². The average molecular weight is 331 g/mol. The molecule has 3 rings (SSSR count). The van der Waals surface area contributed by atoms with E-state index in [1.165, 1.54) is 16.8 Å². The highest BCUT2D eigenvalue weighted by Gasteiger charge is 2.32. The zero-order chi connectivity index (χ0) is 17.5. The van der Waals surface area contributed by atoms with Crippen LogP contribution in [0.2, 0.25) is 0 Å². The summed E-state index contributed by atoms with van der Waals surface area (Å²) in [6.07, 6.45) is 0.973. The van der Waals surface area contributed by atoms with Gasteiger partial charge in [-0.1, -0.05) is 6.07 Å². The van der Waals surface area contributed by atoms with E-state index >= 15 is 0 Å². The summed E-state index contributed by atoms with van der Waals surface area (Å²) in [4.78, 5) is 16.5. The van der Waals surface area contributed by atoms with E-state index in [9.17, 15) is 4.79 Å². The molecule has 1 aromatic rings. The van der Waals surface area contributed by atoms with Crippen LogP contribution >= 0.6 is 0 Å². The van der Waals surface area contributed by atoms with Crippen LogP contribution in [0.1, 0.15) is 31.9 Å². The van der Waals surface area contributed by atoms with Gasteiger partial charge in [0.05, 0.1) is 6.04 Å². The number of piperazine rings is 1. The lowest BCUT2D eigenvalue weighted by Crippen LogP contribution is -2.53. The van der Waals surface area contributed by atoms with Crippen molar-refractivity contribution in [3.8, 4) is 5.75 Å². The Morgan fingerprint density at radius 1 is 1.25 bits per heavy atom. The number of rotatable bonds is 3. The van der Waals surface area contributed by atoms with E-state index in [0.717, 1.165) is 38.3 Å². The number of benzene rings is 1. The molecule has 1 atom stereocenters. The maximum absolute atomic E-state index is 11.8. The topological polar surface area (TPSA) is 44.8 Å². The summed E-state index contributed by atoms with van der Waals surface area (Å²) in [5.41, 5.74) is 3.78. The SMILES string of the molecule is CNC(=O)[C@H](C)N1CCN(c2cc3c(cc2C)CC(C)(C)O3)CC1. The number of hydrogen-bond acceptors (Lipinski definition) is 4. The molecule has 0 aromatic heterocycles. The van der Waals surface area contributed by atoms with E-state index in [1.807, 2.05) is 6.92 Å². The predicted octanol–water partition coefficient (Wildman–Crippen LogP) is 1.97. The third-order valence-electron chi connectivity index (χ3n) is 5.21. The maximum Gasteiger partial charge on any atom is 0.236 e. The monoisotopic (exact) mass is 331 g/mol. The highest BCUT2D eigenvalue weighted by Crippen LogP contribution is 2.39. The summed E-state index contributed by atoms with van der Waals surface area (Å²) in [6.45, 7) is 12.1. The van der Waals surface area contributed by atoms with Gasteiger partial charge in [0.1, 0.15) is 11.4 Å². The number of nitrogens with one attached hydrogen (secondary N) is 1. The van der Waals surface area contributed by atoms with E-state index in [4.69, 9.17) is 4.74 Å². The highest BCUT2D eigenvalue weighted by atomic mass is 16.5. The van der Waals surface area contributed by atoms with Crippen LogP contribution in [0.25, 0.3) is 0 Å². The van der Waals surface area contributed by atoms with Crippen molar-refractivity contribution in [2.24, 2.45) is 0 Å². The van der Waals surface area contributed by atoms with Crippen LogP contribution in [0.15, 0.2) is 12.1 Å². The van der Waals surface area contributed by atoms with Crippen molar-refractivity contribution in [3.05, 3.63) is 23.3 Å². The fourth-order valence-electron chi connectivity index (χ4n) is 3.83. The zero-order valence-electron chi connectivity index (χ0n) is 15.5. The molecule has 2 aliphatic rings. The van der Waals surface area contributed by atoms with E-state index in [-0.39, 0.29) is 17.6 Å². The molecule has 132 valence electrons. The molecule has 1 N–H and O–H groups in total. The number of fused-ring (bicyclic) bond motifs is 1. The van der Waals surface area contributed by atoms with E-state index < -0.39 is 0 Å². The van der Waals surface area contributed by atoms with Gasteiger partial charge in [0, 0.05) is 51.4 Å². The van der Waals surface area contributed by atoms with E-state index in [0.29, 0.717) is 0 Å². The minimum absolute atomic E-state index is 0.0672. The van der Waals surface area contributed by atoms with Crippen LogP contribution in [0.5, 0.6) is 5.75 Å². The Kier molecular flexibility index (Phi) is 4.47. The smallest absolute Gasteiger partial charge is 0.236 e. The summed E-state index contributed by atoms with van der Waals surface area (Å²) in [7, 11) is 1.70. The largest absolute Gasteiger partial charge is 0.487 e. The van der Waals surface area contributed by atoms with Crippen molar-refractivity contribution < 1.29 is 9.53 Å². The summed E-state index contributed by atoms with van der Waals surface area (Å²) in [5.74, 6) is 1.12. The number of carbonyl (C=O) groups excluding carboxylic acids is 1. The summed E-state index contributed by atoms with van der Waals surface area (Å²) in [6, 6.07) is 4.42. The Hall–Kier alpha value is -1.75. The Bertz CT molecular complexity index is 634. The van der Waals surface area contributed by atoms with Crippen LogP contribution in [0, 0.1) is 6.92 Å². The van der Waals surface area contributed by atoms with Crippen molar-refractivity contribution in [2.45, 2.75) is 45.8 Å². The number of anilines is 1. The third-order valence-corrected chi connectivity index (χ3v) is 5.21. The molecule has 1 fully saturated rings. The van der Waals surface area contributed by atoms with Crippen LogP contribution in [0.3, 0.4) is 0 Å². The third kappa shape index (κ3) is 3.22. The summed E-state index contributed by atoms with van der Waals surface area (Å²) < 4.78 is 6.10. The molecular formula is C19H29N3O2. The number of carbonyl (C=O) groups is 1. The average Bonchev–Trinajstić information content (AvgIpc) is 2.85.